The highest BCUT2D eigenvalue weighted by molar-refractivity contribution is 5.33. The normalized spacial score (nSPS) is 15.8. The summed E-state index contributed by atoms with van der Waals surface area (Å²) in [6.45, 7) is 3.84. The summed E-state index contributed by atoms with van der Waals surface area (Å²) in [5, 5.41) is 3.58. The maximum Gasteiger partial charge on any atom is 0.122 e. The van der Waals surface area contributed by atoms with Gasteiger partial charge in [-0.2, -0.15) is 0 Å². The minimum absolute atomic E-state index is 0.743. The highest BCUT2D eigenvalue weighted by Crippen LogP contribution is 2.20. The molecule has 1 aliphatic rings. The second-order valence-corrected chi connectivity index (χ2v) is 4.37. The lowest BCUT2D eigenvalue weighted by molar-refractivity contribution is 0.330. The van der Waals surface area contributed by atoms with Gasteiger partial charge in [-0.3, -0.25) is 0 Å². The van der Waals surface area contributed by atoms with Crippen molar-refractivity contribution in [2.24, 2.45) is 0 Å². The first-order valence-corrected chi connectivity index (χ1v) is 6.34. The molecule has 0 aromatic heterocycles. The Morgan fingerprint density at radius 1 is 1.31 bits per heavy atom. The third-order valence-corrected chi connectivity index (χ3v) is 3.20. The lowest BCUT2D eigenvalue weighted by Gasteiger charge is -2.26. The van der Waals surface area contributed by atoms with Crippen molar-refractivity contribution < 1.29 is 4.74 Å². The molecule has 1 N–H and O–H groups in total. The number of hydrogen-bond acceptors (Lipinski definition) is 2. The topological polar surface area (TPSA) is 21.3 Å². The van der Waals surface area contributed by atoms with Gasteiger partial charge < -0.3 is 10.1 Å². The molecule has 0 spiro atoms. The Morgan fingerprint density at radius 2 is 2.12 bits per heavy atom. The fraction of sp³-hybridized carbons (Fsp3) is 0.571. The van der Waals surface area contributed by atoms with Crippen molar-refractivity contribution in [3.05, 3.63) is 29.8 Å². The zero-order valence-electron chi connectivity index (χ0n) is 10.0. The largest absolute Gasteiger partial charge is 0.494 e. The molecule has 1 saturated carbocycles. The predicted octanol–water partition coefficient (Wildman–Crippen LogP) is 2.77. The van der Waals surface area contributed by atoms with E-state index in [-0.39, 0.29) is 0 Å². The zero-order valence-corrected chi connectivity index (χ0v) is 10.0. The molecule has 2 nitrogen and oxygen atoms in total. The Labute approximate surface area is 98.0 Å². The molecular weight excluding hydrogens is 198 g/mol. The zero-order chi connectivity index (χ0) is 11.2. The third-order valence-electron chi connectivity index (χ3n) is 3.20. The van der Waals surface area contributed by atoms with E-state index in [1.54, 1.807) is 0 Å². The molecule has 0 amide bonds. The summed E-state index contributed by atoms with van der Waals surface area (Å²) >= 11 is 0. The van der Waals surface area contributed by atoms with Gasteiger partial charge in [-0.15, -0.1) is 0 Å². The van der Waals surface area contributed by atoms with Gasteiger partial charge in [0.25, 0.3) is 0 Å². The fourth-order valence-corrected chi connectivity index (χ4v) is 2.03. The summed E-state index contributed by atoms with van der Waals surface area (Å²) in [5.41, 5.74) is 1.32. The summed E-state index contributed by atoms with van der Waals surface area (Å²) in [6, 6.07) is 9.12. The first-order chi connectivity index (χ1) is 7.90. The number of nitrogens with one attached hydrogen (secondary N) is 1. The van der Waals surface area contributed by atoms with Crippen LogP contribution in [0.5, 0.6) is 5.75 Å². The highest BCUT2D eigenvalue weighted by atomic mass is 16.5. The van der Waals surface area contributed by atoms with Crippen molar-refractivity contribution >= 4 is 0 Å². The van der Waals surface area contributed by atoms with Crippen molar-refractivity contribution in [2.45, 2.75) is 38.6 Å². The SMILES string of the molecule is CCOc1ccccc1CCNC1CCC1. The van der Waals surface area contributed by atoms with E-state index in [0.29, 0.717) is 0 Å². The first-order valence-electron chi connectivity index (χ1n) is 6.34. The van der Waals surface area contributed by atoms with Crippen molar-refractivity contribution in [1.82, 2.24) is 5.32 Å². The van der Waals surface area contributed by atoms with Gasteiger partial charge in [-0.1, -0.05) is 24.6 Å². The average molecular weight is 219 g/mol. The smallest absolute Gasteiger partial charge is 0.122 e. The van der Waals surface area contributed by atoms with Gasteiger partial charge in [0.1, 0.15) is 5.75 Å². The lowest BCUT2D eigenvalue weighted by atomic mass is 9.93. The number of ether oxygens (including phenoxy) is 1. The molecule has 88 valence electrons. The Hall–Kier alpha value is -1.02. The van der Waals surface area contributed by atoms with Gasteiger partial charge in [0.05, 0.1) is 6.61 Å². The maximum atomic E-state index is 5.61. The van der Waals surface area contributed by atoms with Gasteiger partial charge in [0, 0.05) is 6.04 Å². The molecule has 16 heavy (non-hydrogen) atoms. The van der Waals surface area contributed by atoms with Gasteiger partial charge in [0.2, 0.25) is 0 Å². The molecule has 0 unspecified atom stereocenters. The van der Waals surface area contributed by atoms with E-state index in [1.165, 1.54) is 24.8 Å². The molecule has 0 heterocycles. The van der Waals surface area contributed by atoms with Crippen molar-refractivity contribution in [3.8, 4) is 5.75 Å². The highest BCUT2D eigenvalue weighted by Gasteiger charge is 2.15. The van der Waals surface area contributed by atoms with Gasteiger partial charge in [0.15, 0.2) is 0 Å². The van der Waals surface area contributed by atoms with Crippen LogP contribution in [0.4, 0.5) is 0 Å². The van der Waals surface area contributed by atoms with E-state index in [2.05, 4.69) is 23.5 Å². The standard InChI is InChI=1S/C14H21NO/c1-2-16-14-9-4-3-6-12(14)10-11-15-13-7-5-8-13/h3-4,6,9,13,15H,2,5,7-8,10-11H2,1H3. The quantitative estimate of drug-likeness (QED) is 0.794. The van der Waals surface area contributed by atoms with E-state index in [4.69, 9.17) is 4.74 Å². The van der Waals surface area contributed by atoms with Crippen LogP contribution >= 0.6 is 0 Å². The van der Waals surface area contributed by atoms with Crippen LogP contribution in [0.2, 0.25) is 0 Å². The average Bonchev–Trinajstić information content (AvgIpc) is 2.24. The summed E-state index contributed by atoms with van der Waals surface area (Å²) in [4.78, 5) is 0. The minimum atomic E-state index is 0.743. The number of hydrogen-bond donors (Lipinski definition) is 1. The Kier molecular flexibility index (Phi) is 4.23. The van der Waals surface area contributed by atoms with Crippen molar-refractivity contribution in [1.29, 1.82) is 0 Å². The Bertz CT molecular complexity index is 320. The molecule has 2 rings (SSSR count). The van der Waals surface area contributed by atoms with E-state index < -0.39 is 0 Å². The van der Waals surface area contributed by atoms with Gasteiger partial charge in [-0.05, 0) is 44.4 Å². The van der Waals surface area contributed by atoms with Crippen LogP contribution in [0.1, 0.15) is 31.7 Å². The monoisotopic (exact) mass is 219 g/mol. The van der Waals surface area contributed by atoms with Crippen LogP contribution in [0.15, 0.2) is 24.3 Å². The molecule has 1 aliphatic carbocycles. The number of para-hydroxylation sites is 1. The molecule has 0 saturated heterocycles. The van der Waals surface area contributed by atoms with E-state index in [0.717, 1.165) is 31.4 Å². The van der Waals surface area contributed by atoms with E-state index in [9.17, 15) is 0 Å². The molecule has 0 bridgehead atoms. The molecule has 0 atom stereocenters. The molecule has 0 radical (unpaired) electrons. The van der Waals surface area contributed by atoms with Crippen molar-refractivity contribution in [2.75, 3.05) is 13.2 Å². The molecule has 1 aromatic rings. The molecule has 1 aromatic carbocycles. The van der Waals surface area contributed by atoms with Crippen molar-refractivity contribution in [3.63, 3.8) is 0 Å². The van der Waals surface area contributed by atoms with Crippen LogP contribution in [-0.4, -0.2) is 19.2 Å². The molecule has 2 heteroatoms. The Morgan fingerprint density at radius 3 is 2.81 bits per heavy atom. The van der Waals surface area contributed by atoms with Crippen LogP contribution in [0.3, 0.4) is 0 Å². The molecular formula is C14H21NO. The summed E-state index contributed by atoms with van der Waals surface area (Å²) in [7, 11) is 0. The van der Waals surface area contributed by atoms with Crippen LogP contribution in [0, 0.1) is 0 Å². The van der Waals surface area contributed by atoms with Crippen LogP contribution < -0.4 is 10.1 Å². The Balaban J connectivity index is 1.82. The van der Waals surface area contributed by atoms with E-state index in [1.807, 2.05) is 13.0 Å². The summed E-state index contributed by atoms with van der Waals surface area (Å²) in [5.74, 6) is 1.04. The molecule has 0 aliphatic heterocycles. The van der Waals surface area contributed by atoms with Gasteiger partial charge >= 0.3 is 0 Å². The molecule has 1 fully saturated rings. The second-order valence-electron chi connectivity index (χ2n) is 4.37. The summed E-state index contributed by atoms with van der Waals surface area (Å²) in [6.07, 6.45) is 5.17. The lowest BCUT2D eigenvalue weighted by Crippen LogP contribution is -2.36. The third kappa shape index (κ3) is 2.99. The number of rotatable bonds is 6. The first kappa shape index (κ1) is 11.5. The predicted molar refractivity (Wildman–Crippen MR) is 67.0 cm³/mol. The number of benzene rings is 1. The van der Waals surface area contributed by atoms with Crippen LogP contribution in [-0.2, 0) is 6.42 Å². The minimum Gasteiger partial charge on any atom is -0.494 e. The second kappa shape index (κ2) is 5.90. The van der Waals surface area contributed by atoms with Gasteiger partial charge in [-0.25, -0.2) is 0 Å². The summed E-state index contributed by atoms with van der Waals surface area (Å²) < 4.78 is 5.61. The van der Waals surface area contributed by atoms with Crippen LogP contribution in [0.25, 0.3) is 0 Å². The maximum absolute atomic E-state index is 5.61. The van der Waals surface area contributed by atoms with E-state index >= 15 is 0 Å². The fourth-order valence-electron chi connectivity index (χ4n) is 2.03.